The lowest BCUT2D eigenvalue weighted by Crippen LogP contribution is -2.21. The fraction of sp³-hybridized carbons (Fsp3) is 0.0769. The van der Waals surface area contributed by atoms with Crippen molar-refractivity contribution in [2.24, 2.45) is 0 Å². The van der Waals surface area contributed by atoms with Crippen LogP contribution in [0.5, 0.6) is 0 Å². The van der Waals surface area contributed by atoms with Crippen LogP contribution in [0.15, 0.2) is 115 Å². The molecule has 0 bridgehead atoms. The van der Waals surface area contributed by atoms with Gasteiger partial charge in [-0.15, -0.1) is 0 Å². The molecule has 0 N–H and O–H groups in total. The maximum atomic E-state index is 2.36. The molecule has 26 heavy (non-hydrogen) atoms. The Bertz CT molecular complexity index is 931. The van der Waals surface area contributed by atoms with Crippen LogP contribution in [0.2, 0.25) is 0 Å². The summed E-state index contributed by atoms with van der Waals surface area (Å²) in [7, 11) is 0. The molecule has 0 nitrogen and oxygen atoms in total. The van der Waals surface area contributed by atoms with E-state index in [2.05, 4.69) is 121 Å². The zero-order valence-corrected chi connectivity index (χ0v) is 14.8. The van der Waals surface area contributed by atoms with Gasteiger partial charge in [-0.3, -0.25) is 0 Å². The number of hydrogen-bond donors (Lipinski definition) is 0. The molecule has 3 aromatic rings. The highest BCUT2D eigenvalue weighted by Gasteiger charge is 2.27. The van der Waals surface area contributed by atoms with Crippen molar-refractivity contribution < 1.29 is 0 Å². The van der Waals surface area contributed by atoms with Crippen molar-refractivity contribution in [3.63, 3.8) is 0 Å². The molecule has 1 aliphatic carbocycles. The zero-order chi connectivity index (χ0) is 17.7. The lowest BCUT2D eigenvalue weighted by Gasteiger charge is -2.30. The summed E-state index contributed by atoms with van der Waals surface area (Å²) >= 11 is 0. The molecule has 0 spiro atoms. The summed E-state index contributed by atoms with van der Waals surface area (Å²) in [6, 6.07) is 31.9. The molecule has 0 amide bonds. The van der Waals surface area contributed by atoms with E-state index < -0.39 is 0 Å². The Balaban J connectivity index is 1.69. The van der Waals surface area contributed by atoms with E-state index in [-0.39, 0.29) is 5.41 Å². The summed E-state index contributed by atoms with van der Waals surface area (Å²) in [5.41, 5.74) is 5.03. The first-order chi connectivity index (χ1) is 12.9. The van der Waals surface area contributed by atoms with E-state index >= 15 is 0 Å². The quantitative estimate of drug-likeness (QED) is 0.499. The molecule has 1 atom stereocenters. The summed E-state index contributed by atoms with van der Waals surface area (Å²) in [6.07, 6.45) is 12.5. The molecule has 0 saturated heterocycles. The zero-order valence-electron chi connectivity index (χ0n) is 14.8. The van der Waals surface area contributed by atoms with Gasteiger partial charge in [-0.1, -0.05) is 121 Å². The average molecular weight is 334 g/mol. The number of rotatable bonds is 4. The second kappa shape index (κ2) is 7.41. The average Bonchev–Trinajstić information content (AvgIpc) is 2.75. The number of hydrogen-bond acceptors (Lipinski definition) is 0. The van der Waals surface area contributed by atoms with Gasteiger partial charge in [0, 0.05) is 5.41 Å². The predicted molar refractivity (Wildman–Crippen MR) is 112 cm³/mol. The minimum Gasteiger partial charge on any atom is -0.0752 e. The van der Waals surface area contributed by atoms with E-state index in [0.29, 0.717) is 0 Å². The Morgan fingerprint density at radius 3 is 1.92 bits per heavy atom. The van der Waals surface area contributed by atoms with Gasteiger partial charge < -0.3 is 0 Å². The topological polar surface area (TPSA) is 0 Å². The molecule has 1 aliphatic rings. The highest BCUT2D eigenvalue weighted by molar-refractivity contribution is 5.76. The van der Waals surface area contributed by atoms with Crippen LogP contribution in [0.4, 0.5) is 0 Å². The van der Waals surface area contributed by atoms with Gasteiger partial charge in [-0.05, 0) is 28.7 Å². The summed E-state index contributed by atoms with van der Waals surface area (Å²) in [5.74, 6) is 0. The standard InChI is InChI=1S/C26H22/c1-4-10-22(11-5-1)16-19-26(25-14-8-3-9-15-25)20-17-24(18-21-26)23-12-6-2-7-13-23/h1-20H,21H2. The first-order valence-electron chi connectivity index (χ1n) is 9.10. The van der Waals surface area contributed by atoms with Crippen LogP contribution in [-0.2, 0) is 5.41 Å². The number of benzene rings is 3. The van der Waals surface area contributed by atoms with E-state index in [1.807, 2.05) is 0 Å². The molecule has 1 unspecified atom stereocenters. The SMILES string of the molecule is C1=CC(C=Cc2ccccc2)(c2ccccc2)CC=C1c1ccccc1. The van der Waals surface area contributed by atoms with Crippen molar-refractivity contribution in [1.82, 2.24) is 0 Å². The molecule has 0 radical (unpaired) electrons. The van der Waals surface area contributed by atoms with Crippen LogP contribution >= 0.6 is 0 Å². The fourth-order valence-electron chi connectivity index (χ4n) is 3.49. The third-order valence-corrected chi connectivity index (χ3v) is 5.01. The van der Waals surface area contributed by atoms with Crippen molar-refractivity contribution in [2.75, 3.05) is 0 Å². The molecule has 0 aromatic heterocycles. The van der Waals surface area contributed by atoms with Crippen LogP contribution < -0.4 is 0 Å². The second-order valence-electron chi connectivity index (χ2n) is 6.71. The van der Waals surface area contributed by atoms with Crippen molar-refractivity contribution >= 4 is 11.6 Å². The van der Waals surface area contributed by atoms with Gasteiger partial charge in [0.25, 0.3) is 0 Å². The normalized spacial score (nSPS) is 19.5. The molecular formula is C26H22. The summed E-state index contributed by atoms with van der Waals surface area (Å²) in [5, 5.41) is 0. The molecule has 0 heteroatoms. The molecule has 126 valence electrons. The van der Waals surface area contributed by atoms with Gasteiger partial charge >= 0.3 is 0 Å². The molecule has 0 aliphatic heterocycles. The van der Waals surface area contributed by atoms with E-state index in [9.17, 15) is 0 Å². The monoisotopic (exact) mass is 334 g/mol. The fourth-order valence-corrected chi connectivity index (χ4v) is 3.49. The summed E-state index contributed by atoms with van der Waals surface area (Å²) < 4.78 is 0. The molecule has 0 fully saturated rings. The van der Waals surface area contributed by atoms with Gasteiger partial charge in [-0.2, -0.15) is 0 Å². The second-order valence-corrected chi connectivity index (χ2v) is 6.71. The van der Waals surface area contributed by atoms with Crippen molar-refractivity contribution in [2.45, 2.75) is 11.8 Å². The van der Waals surface area contributed by atoms with Crippen molar-refractivity contribution in [1.29, 1.82) is 0 Å². The van der Waals surface area contributed by atoms with Crippen molar-refractivity contribution in [3.8, 4) is 0 Å². The Morgan fingerprint density at radius 1 is 0.692 bits per heavy atom. The first-order valence-corrected chi connectivity index (χ1v) is 9.10. The van der Waals surface area contributed by atoms with Gasteiger partial charge in [0.15, 0.2) is 0 Å². The van der Waals surface area contributed by atoms with Crippen LogP contribution in [-0.4, -0.2) is 0 Å². The molecular weight excluding hydrogens is 312 g/mol. The highest BCUT2D eigenvalue weighted by Crippen LogP contribution is 2.38. The van der Waals surface area contributed by atoms with Gasteiger partial charge in [0.2, 0.25) is 0 Å². The van der Waals surface area contributed by atoms with Gasteiger partial charge in [0.1, 0.15) is 0 Å². The third-order valence-electron chi connectivity index (χ3n) is 5.01. The molecule has 0 heterocycles. The Kier molecular flexibility index (Phi) is 4.66. The van der Waals surface area contributed by atoms with E-state index in [0.717, 1.165) is 6.42 Å². The predicted octanol–water partition coefficient (Wildman–Crippen LogP) is 6.68. The lowest BCUT2D eigenvalue weighted by molar-refractivity contribution is 0.680. The van der Waals surface area contributed by atoms with E-state index in [1.165, 1.54) is 22.3 Å². The Morgan fingerprint density at radius 2 is 1.31 bits per heavy atom. The summed E-state index contributed by atoms with van der Waals surface area (Å²) in [4.78, 5) is 0. The number of allylic oxidation sites excluding steroid dienone is 5. The van der Waals surface area contributed by atoms with Crippen molar-refractivity contribution in [3.05, 3.63) is 132 Å². The minimum atomic E-state index is -0.102. The van der Waals surface area contributed by atoms with E-state index in [1.54, 1.807) is 0 Å². The summed E-state index contributed by atoms with van der Waals surface area (Å²) in [6.45, 7) is 0. The lowest BCUT2D eigenvalue weighted by atomic mass is 9.73. The maximum Gasteiger partial charge on any atom is 0.0353 e. The Labute approximate surface area is 155 Å². The smallest absolute Gasteiger partial charge is 0.0353 e. The van der Waals surface area contributed by atoms with Crippen LogP contribution in [0.1, 0.15) is 23.1 Å². The minimum absolute atomic E-state index is 0.102. The first kappa shape index (κ1) is 16.4. The largest absolute Gasteiger partial charge is 0.0752 e. The van der Waals surface area contributed by atoms with Crippen LogP contribution in [0.3, 0.4) is 0 Å². The maximum absolute atomic E-state index is 2.36. The van der Waals surface area contributed by atoms with E-state index in [4.69, 9.17) is 0 Å². The van der Waals surface area contributed by atoms with Crippen LogP contribution in [0.25, 0.3) is 11.6 Å². The molecule has 4 rings (SSSR count). The van der Waals surface area contributed by atoms with Crippen LogP contribution in [0, 0.1) is 0 Å². The molecule has 3 aromatic carbocycles. The van der Waals surface area contributed by atoms with Gasteiger partial charge in [0.05, 0.1) is 0 Å². The highest BCUT2D eigenvalue weighted by atomic mass is 14.3. The molecule has 0 saturated carbocycles. The third kappa shape index (κ3) is 3.45. The van der Waals surface area contributed by atoms with Gasteiger partial charge in [-0.25, -0.2) is 0 Å². The Hall–Kier alpha value is -3.12.